The summed E-state index contributed by atoms with van der Waals surface area (Å²) < 4.78 is 37.2. The largest absolute Gasteiger partial charge is 0.443 e. The van der Waals surface area contributed by atoms with E-state index < -0.39 is 16.1 Å². The molecule has 104 valence electrons. The van der Waals surface area contributed by atoms with Crippen molar-refractivity contribution in [2.75, 3.05) is 13.1 Å². The minimum absolute atomic E-state index is 0.167. The Balaban J connectivity index is 2.09. The molecule has 1 aliphatic heterocycles. The molecule has 0 unspecified atom stereocenters. The number of aromatic nitrogens is 1. The van der Waals surface area contributed by atoms with Crippen molar-refractivity contribution in [1.82, 2.24) is 15.2 Å². The van der Waals surface area contributed by atoms with Crippen molar-refractivity contribution in [1.29, 1.82) is 0 Å². The van der Waals surface area contributed by atoms with Crippen LogP contribution in [0.5, 0.6) is 0 Å². The topological polar surface area (TPSA) is 71.3 Å². The second kappa shape index (κ2) is 5.03. The fraction of sp³-hybridized carbons (Fsp3) is 0.444. The van der Waals surface area contributed by atoms with Gasteiger partial charge >= 0.3 is 6.18 Å². The number of rotatable bonds is 3. The van der Waals surface area contributed by atoms with E-state index in [0.29, 0.717) is 35.1 Å². The molecular formula is C9H9F3N4O2S. The smallest absolute Gasteiger partial charge is 0.365 e. The number of nitrogens with one attached hydrogen (secondary N) is 1. The van der Waals surface area contributed by atoms with E-state index in [2.05, 4.69) is 10.3 Å². The Kier molecular flexibility index (Phi) is 3.60. The van der Waals surface area contributed by atoms with Crippen LogP contribution in [0, 0.1) is 10.1 Å². The molecule has 0 aliphatic carbocycles. The van der Waals surface area contributed by atoms with Gasteiger partial charge in [0.15, 0.2) is 10.8 Å². The van der Waals surface area contributed by atoms with E-state index in [4.69, 9.17) is 0 Å². The Morgan fingerprint density at radius 2 is 2.37 bits per heavy atom. The lowest BCUT2D eigenvalue weighted by atomic mass is 10.4. The van der Waals surface area contributed by atoms with Gasteiger partial charge in [0.05, 0.1) is 11.5 Å². The van der Waals surface area contributed by atoms with Gasteiger partial charge in [-0.2, -0.15) is 13.2 Å². The monoisotopic (exact) mass is 294 g/mol. The van der Waals surface area contributed by atoms with Crippen molar-refractivity contribution in [3.8, 4) is 0 Å². The summed E-state index contributed by atoms with van der Waals surface area (Å²) in [6, 6.07) is 0. The maximum atomic E-state index is 12.4. The molecule has 1 fully saturated rings. The van der Waals surface area contributed by atoms with Crippen molar-refractivity contribution in [3.05, 3.63) is 38.2 Å². The maximum absolute atomic E-state index is 12.4. The standard InChI is InChI=1S/C9H9F3N4O2S/c10-9(11,12)8-14-3-6(19-8)4-15-2-1-13-7(15)5-16(17)18/h3,5,13H,1-2,4H2. The number of thiazole rings is 1. The number of alkyl halides is 3. The first-order valence-corrected chi connectivity index (χ1v) is 6.04. The molecule has 1 N–H and O–H groups in total. The summed E-state index contributed by atoms with van der Waals surface area (Å²) in [4.78, 5) is 15.1. The van der Waals surface area contributed by atoms with E-state index in [0.717, 1.165) is 12.4 Å². The van der Waals surface area contributed by atoms with Crippen molar-refractivity contribution in [3.63, 3.8) is 0 Å². The zero-order valence-electron chi connectivity index (χ0n) is 9.48. The Bertz CT molecular complexity index is 514. The van der Waals surface area contributed by atoms with E-state index in [1.54, 1.807) is 4.90 Å². The molecule has 2 rings (SSSR count). The van der Waals surface area contributed by atoms with Gasteiger partial charge in [0.1, 0.15) is 0 Å². The van der Waals surface area contributed by atoms with Crippen LogP contribution < -0.4 is 5.32 Å². The lowest BCUT2D eigenvalue weighted by molar-refractivity contribution is -0.404. The van der Waals surface area contributed by atoms with E-state index in [1.165, 1.54) is 0 Å². The fourth-order valence-corrected chi connectivity index (χ4v) is 2.44. The van der Waals surface area contributed by atoms with Gasteiger partial charge in [-0.05, 0) is 0 Å². The van der Waals surface area contributed by atoms with E-state index in [1.807, 2.05) is 0 Å². The van der Waals surface area contributed by atoms with Gasteiger partial charge in [-0.3, -0.25) is 10.1 Å². The molecule has 1 aromatic rings. The van der Waals surface area contributed by atoms with Crippen molar-refractivity contribution < 1.29 is 18.1 Å². The van der Waals surface area contributed by atoms with Gasteiger partial charge in [0.25, 0.3) is 6.20 Å². The lowest BCUT2D eigenvalue weighted by Gasteiger charge is -2.15. The summed E-state index contributed by atoms with van der Waals surface area (Å²) in [6.07, 6.45) is -2.50. The third-order valence-corrected chi connectivity index (χ3v) is 3.43. The number of nitro groups is 1. The highest BCUT2D eigenvalue weighted by Gasteiger charge is 2.34. The van der Waals surface area contributed by atoms with Crippen LogP contribution in [0.15, 0.2) is 18.2 Å². The molecule has 1 saturated heterocycles. The lowest BCUT2D eigenvalue weighted by Crippen LogP contribution is -2.20. The number of nitrogens with zero attached hydrogens (tertiary/aromatic N) is 3. The number of halogens is 3. The fourth-order valence-electron chi connectivity index (χ4n) is 1.64. The first-order valence-electron chi connectivity index (χ1n) is 5.22. The Morgan fingerprint density at radius 1 is 1.63 bits per heavy atom. The summed E-state index contributed by atoms with van der Waals surface area (Å²) in [5, 5.41) is 12.3. The number of hydrogen-bond acceptors (Lipinski definition) is 6. The van der Waals surface area contributed by atoms with Gasteiger partial charge in [-0.25, -0.2) is 4.98 Å². The highest BCUT2D eigenvalue weighted by atomic mass is 32.1. The Labute approximate surface area is 109 Å². The van der Waals surface area contributed by atoms with Gasteiger partial charge in [0.2, 0.25) is 0 Å². The minimum atomic E-state index is -4.45. The zero-order chi connectivity index (χ0) is 14.0. The summed E-state index contributed by atoms with van der Waals surface area (Å²) in [6.45, 7) is 1.18. The van der Waals surface area contributed by atoms with Crippen LogP contribution in [0.2, 0.25) is 0 Å². The molecule has 0 atom stereocenters. The summed E-state index contributed by atoms with van der Waals surface area (Å²) >= 11 is 0.545. The van der Waals surface area contributed by atoms with Crippen LogP contribution in [0.25, 0.3) is 0 Å². The number of hydrogen-bond donors (Lipinski definition) is 1. The van der Waals surface area contributed by atoms with Gasteiger partial charge < -0.3 is 10.2 Å². The third-order valence-electron chi connectivity index (χ3n) is 2.40. The first kappa shape index (κ1) is 13.6. The Morgan fingerprint density at radius 3 is 2.95 bits per heavy atom. The summed E-state index contributed by atoms with van der Waals surface area (Å²) in [5.74, 6) is 0.298. The third kappa shape index (κ3) is 3.34. The maximum Gasteiger partial charge on any atom is 0.443 e. The summed E-state index contributed by atoms with van der Waals surface area (Å²) in [5.41, 5.74) is 0. The minimum Gasteiger partial charge on any atom is -0.365 e. The molecule has 0 bridgehead atoms. The molecule has 1 aliphatic rings. The molecular weight excluding hydrogens is 285 g/mol. The van der Waals surface area contributed by atoms with Crippen LogP contribution in [-0.4, -0.2) is 27.9 Å². The summed E-state index contributed by atoms with van der Waals surface area (Å²) in [7, 11) is 0. The average Bonchev–Trinajstić information content (AvgIpc) is 2.88. The average molecular weight is 294 g/mol. The molecule has 0 aromatic carbocycles. The van der Waals surface area contributed by atoms with Crippen LogP contribution in [0.3, 0.4) is 0 Å². The molecule has 0 amide bonds. The molecule has 19 heavy (non-hydrogen) atoms. The van der Waals surface area contributed by atoms with E-state index >= 15 is 0 Å². The van der Waals surface area contributed by atoms with Crippen LogP contribution >= 0.6 is 11.3 Å². The van der Waals surface area contributed by atoms with E-state index in [-0.39, 0.29) is 6.54 Å². The van der Waals surface area contributed by atoms with Crippen LogP contribution in [-0.2, 0) is 12.7 Å². The highest BCUT2D eigenvalue weighted by molar-refractivity contribution is 7.11. The second-order valence-corrected chi connectivity index (χ2v) is 4.89. The normalized spacial score (nSPS) is 17.8. The Hall–Kier alpha value is -1.84. The van der Waals surface area contributed by atoms with Gasteiger partial charge in [-0.1, -0.05) is 0 Å². The van der Waals surface area contributed by atoms with Crippen LogP contribution in [0.4, 0.5) is 13.2 Å². The zero-order valence-corrected chi connectivity index (χ0v) is 10.3. The molecule has 0 saturated carbocycles. The molecule has 6 nitrogen and oxygen atoms in total. The quantitative estimate of drug-likeness (QED) is 0.678. The van der Waals surface area contributed by atoms with Crippen molar-refractivity contribution >= 4 is 11.3 Å². The predicted octanol–water partition coefficient (Wildman–Crippen LogP) is 1.64. The molecule has 0 spiro atoms. The van der Waals surface area contributed by atoms with Gasteiger partial charge in [-0.15, -0.1) is 11.3 Å². The molecule has 10 heteroatoms. The SMILES string of the molecule is O=[N+]([O-])C=C1NCCN1Cc1cnc(C(F)(F)F)s1. The van der Waals surface area contributed by atoms with Crippen LogP contribution in [0.1, 0.15) is 9.88 Å². The van der Waals surface area contributed by atoms with Crippen molar-refractivity contribution in [2.24, 2.45) is 0 Å². The van der Waals surface area contributed by atoms with E-state index in [9.17, 15) is 23.3 Å². The predicted molar refractivity (Wildman–Crippen MR) is 60.6 cm³/mol. The molecule has 2 heterocycles. The molecule has 1 aromatic heterocycles. The highest BCUT2D eigenvalue weighted by Crippen LogP contribution is 2.33. The molecule has 0 radical (unpaired) electrons. The van der Waals surface area contributed by atoms with Crippen molar-refractivity contribution in [2.45, 2.75) is 12.7 Å². The second-order valence-electron chi connectivity index (χ2n) is 3.78. The van der Waals surface area contributed by atoms with Gasteiger partial charge in [0, 0.05) is 24.2 Å². The first-order chi connectivity index (χ1) is 8.86.